The molecule has 1 amide bonds. The van der Waals surface area contributed by atoms with Crippen LogP contribution >= 0.6 is 0 Å². The van der Waals surface area contributed by atoms with Gasteiger partial charge < -0.3 is 14.8 Å². The van der Waals surface area contributed by atoms with Gasteiger partial charge in [0, 0.05) is 18.3 Å². The highest BCUT2D eigenvalue weighted by atomic mass is 19.1. The van der Waals surface area contributed by atoms with E-state index in [4.69, 9.17) is 9.47 Å². The number of nitro benzene ring substituents is 1. The van der Waals surface area contributed by atoms with Gasteiger partial charge in [0.1, 0.15) is 11.4 Å². The number of carbonyl (C=O) groups is 2. The van der Waals surface area contributed by atoms with Crippen LogP contribution in [-0.2, 0) is 9.53 Å². The Morgan fingerprint density at radius 3 is 2.81 bits per heavy atom. The zero-order chi connectivity index (χ0) is 19.1. The minimum Gasteiger partial charge on any atom is -0.477 e. The predicted octanol–water partition coefficient (Wildman–Crippen LogP) is 2.32. The Kier molecular flexibility index (Phi) is 6.15. The molecule has 10 heteroatoms. The highest BCUT2D eigenvalue weighted by Crippen LogP contribution is 2.21. The van der Waals surface area contributed by atoms with E-state index in [1.807, 2.05) is 0 Å². The molecule has 0 saturated heterocycles. The molecule has 2 aromatic rings. The molecule has 136 valence electrons. The van der Waals surface area contributed by atoms with Gasteiger partial charge in [0.2, 0.25) is 5.88 Å². The first-order valence-corrected chi connectivity index (χ1v) is 7.41. The van der Waals surface area contributed by atoms with Crippen LogP contribution in [0.25, 0.3) is 0 Å². The third-order valence-corrected chi connectivity index (χ3v) is 3.04. The van der Waals surface area contributed by atoms with Crippen LogP contribution < -0.4 is 10.1 Å². The largest absolute Gasteiger partial charge is 0.477 e. The van der Waals surface area contributed by atoms with E-state index in [-0.39, 0.29) is 18.1 Å². The molecular weight excluding hydrogens is 349 g/mol. The number of carbonyl (C=O) groups excluding carboxylic acids is 2. The maximum absolute atomic E-state index is 13.6. The number of rotatable bonds is 7. The van der Waals surface area contributed by atoms with E-state index in [0.29, 0.717) is 0 Å². The van der Waals surface area contributed by atoms with Crippen LogP contribution in [0.5, 0.6) is 5.88 Å². The fraction of sp³-hybridized carbons (Fsp3) is 0.188. The zero-order valence-corrected chi connectivity index (χ0v) is 13.6. The molecule has 1 aromatic carbocycles. The highest BCUT2D eigenvalue weighted by molar-refractivity contribution is 5.96. The van der Waals surface area contributed by atoms with Crippen LogP contribution in [0.2, 0.25) is 0 Å². The second-order valence-corrected chi connectivity index (χ2v) is 4.83. The summed E-state index contributed by atoms with van der Waals surface area (Å²) in [5, 5.41) is 12.8. The molecule has 0 radical (unpaired) electrons. The quantitative estimate of drug-likeness (QED) is 0.455. The summed E-state index contributed by atoms with van der Waals surface area (Å²) in [6, 6.07) is 5.59. The number of halogens is 1. The minimum atomic E-state index is -0.861. The normalized spacial score (nSPS) is 10.1. The van der Waals surface area contributed by atoms with Gasteiger partial charge in [0.25, 0.3) is 11.6 Å². The Morgan fingerprint density at radius 1 is 1.35 bits per heavy atom. The summed E-state index contributed by atoms with van der Waals surface area (Å²) in [5.41, 5.74) is -0.754. The van der Waals surface area contributed by atoms with Crippen molar-refractivity contribution in [2.75, 3.05) is 18.5 Å². The van der Waals surface area contributed by atoms with Gasteiger partial charge in [-0.05, 0) is 25.1 Å². The van der Waals surface area contributed by atoms with Crippen molar-refractivity contribution >= 4 is 23.3 Å². The lowest BCUT2D eigenvalue weighted by molar-refractivity contribution is -0.384. The topological polar surface area (TPSA) is 121 Å². The number of nitrogens with one attached hydrogen (secondary N) is 1. The number of nitro groups is 1. The van der Waals surface area contributed by atoms with Crippen molar-refractivity contribution in [2.45, 2.75) is 6.92 Å². The molecule has 1 aromatic heterocycles. The molecule has 0 aliphatic rings. The van der Waals surface area contributed by atoms with E-state index in [1.165, 1.54) is 18.3 Å². The van der Waals surface area contributed by atoms with Gasteiger partial charge in [-0.1, -0.05) is 0 Å². The van der Waals surface area contributed by atoms with E-state index in [0.717, 1.165) is 18.2 Å². The van der Waals surface area contributed by atoms with Crippen molar-refractivity contribution in [3.05, 3.63) is 58.0 Å². The lowest BCUT2D eigenvalue weighted by Gasteiger charge is -2.09. The molecule has 2 rings (SSSR count). The summed E-state index contributed by atoms with van der Waals surface area (Å²) in [6.45, 7) is 1.27. The number of anilines is 1. The molecule has 9 nitrogen and oxygen atoms in total. The van der Waals surface area contributed by atoms with Crippen molar-refractivity contribution in [1.29, 1.82) is 0 Å². The summed E-state index contributed by atoms with van der Waals surface area (Å²) in [5.74, 6) is -2.51. The average Bonchev–Trinajstić information content (AvgIpc) is 2.62. The molecule has 1 N–H and O–H groups in total. The lowest BCUT2D eigenvalue weighted by Crippen LogP contribution is -2.22. The highest BCUT2D eigenvalue weighted by Gasteiger charge is 2.18. The molecule has 0 aliphatic heterocycles. The zero-order valence-electron chi connectivity index (χ0n) is 13.6. The molecule has 0 saturated carbocycles. The number of hydrogen-bond donors (Lipinski definition) is 1. The Labute approximate surface area is 146 Å². The second kappa shape index (κ2) is 8.51. The smallest absolute Gasteiger partial charge is 0.344 e. The van der Waals surface area contributed by atoms with Gasteiger partial charge in [-0.25, -0.2) is 14.2 Å². The van der Waals surface area contributed by atoms with Crippen LogP contribution in [0.4, 0.5) is 15.8 Å². The van der Waals surface area contributed by atoms with Crippen molar-refractivity contribution in [2.24, 2.45) is 0 Å². The number of ether oxygens (including phenoxy) is 2. The monoisotopic (exact) mass is 363 g/mol. The average molecular weight is 363 g/mol. The summed E-state index contributed by atoms with van der Waals surface area (Å²) in [6.07, 6.45) is 1.43. The summed E-state index contributed by atoms with van der Waals surface area (Å²) >= 11 is 0. The third kappa shape index (κ3) is 4.72. The first kappa shape index (κ1) is 18.8. The van der Waals surface area contributed by atoms with Gasteiger partial charge in [-0.3, -0.25) is 14.9 Å². The number of non-ortho nitro benzene ring substituents is 1. The van der Waals surface area contributed by atoms with Gasteiger partial charge in [-0.2, -0.15) is 0 Å². The molecule has 1 heterocycles. The first-order valence-electron chi connectivity index (χ1n) is 7.41. The number of hydrogen-bond acceptors (Lipinski definition) is 7. The Balaban J connectivity index is 2.00. The van der Waals surface area contributed by atoms with Crippen LogP contribution in [0.15, 0.2) is 36.5 Å². The second-order valence-electron chi connectivity index (χ2n) is 4.83. The van der Waals surface area contributed by atoms with E-state index < -0.39 is 40.6 Å². The van der Waals surface area contributed by atoms with Gasteiger partial charge in [0.05, 0.1) is 17.2 Å². The summed E-state index contributed by atoms with van der Waals surface area (Å²) in [4.78, 5) is 37.7. The maximum Gasteiger partial charge on any atom is 0.344 e. The lowest BCUT2D eigenvalue weighted by atomic mass is 10.2. The Morgan fingerprint density at radius 2 is 2.12 bits per heavy atom. The number of aromatic nitrogens is 1. The first-order chi connectivity index (χ1) is 12.4. The van der Waals surface area contributed by atoms with Crippen LogP contribution in [0.1, 0.15) is 17.3 Å². The number of amides is 1. The molecule has 0 spiro atoms. The van der Waals surface area contributed by atoms with Crippen LogP contribution in [0, 0.1) is 15.9 Å². The third-order valence-electron chi connectivity index (χ3n) is 3.04. The minimum absolute atomic E-state index is 0.0312. The van der Waals surface area contributed by atoms with Crippen molar-refractivity contribution in [1.82, 2.24) is 4.98 Å². The van der Waals surface area contributed by atoms with Crippen molar-refractivity contribution in [3.63, 3.8) is 0 Å². The Bertz CT molecular complexity index is 842. The molecule has 0 unspecified atom stereocenters. The molecule has 0 fully saturated rings. The number of benzene rings is 1. The van der Waals surface area contributed by atoms with Crippen molar-refractivity contribution < 1.29 is 28.4 Å². The molecule has 26 heavy (non-hydrogen) atoms. The van der Waals surface area contributed by atoms with E-state index in [1.54, 1.807) is 6.92 Å². The van der Waals surface area contributed by atoms with Crippen LogP contribution in [0.3, 0.4) is 0 Å². The maximum atomic E-state index is 13.6. The standard InChI is InChI=1S/C16H14FN3O6/c1-2-25-15-11(4-3-7-18-15)16(22)26-9-14(21)19-13-8-10(20(23)24)5-6-12(13)17/h3-8H,2,9H2,1H3,(H,19,21). The number of esters is 1. The summed E-state index contributed by atoms with van der Waals surface area (Å²) < 4.78 is 23.7. The van der Waals surface area contributed by atoms with Gasteiger partial charge in [0.15, 0.2) is 6.61 Å². The van der Waals surface area contributed by atoms with Gasteiger partial charge in [-0.15, -0.1) is 0 Å². The van der Waals surface area contributed by atoms with Gasteiger partial charge >= 0.3 is 5.97 Å². The predicted molar refractivity (Wildman–Crippen MR) is 87.4 cm³/mol. The fourth-order valence-corrected chi connectivity index (χ4v) is 1.92. The van der Waals surface area contributed by atoms with E-state index in [9.17, 15) is 24.1 Å². The van der Waals surface area contributed by atoms with Crippen molar-refractivity contribution in [3.8, 4) is 5.88 Å². The van der Waals surface area contributed by atoms with E-state index >= 15 is 0 Å². The molecule has 0 atom stereocenters. The molecular formula is C16H14FN3O6. The fourth-order valence-electron chi connectivity index (χ4n) is 1.92. The Hall–Kier alpha value is -3.56. The summed E-state index contributed by atoms with van der Waals surface area (Å²) in [7, 11) is 0. The number of pyridine rings is 1. The van der Waals surface area contributed by atoms with Crippen LogP contribution in [-0.4, -0.2) is 35.0 Å². The number of nitrogens with zero attached hydrogens (tertiary/aromatic N) is 2. The SMILES string of the molecule is CCOc1ncccc1C(=O)OCC(=O)Nc1cc([N+](=O)[O-])ccc1F. The molecule has 0 bridgehead atoms. The van der Waals surface area contributed by atoms with E-state index in [2.05, 4.69) is 10.3 Å². The molecule has 0 aliphatic carbocycles.